The van der Waals surface area contributed by atoms with Crippen molar-refractivity contribution in [3.63, 3.8) is 0 Å². The van der Waals surface area contributed by atoms with E-state index in [4.69, 9.17) is 0 Å². The number of imidazole rings is 1. The van der Waals surface area contributed by atoms with Gasteiger partial charge in [0.2, 0.25) is 11.8 Å². The summed E-state index contributed by atoms with van der Waals surface area (Å²) in [5.41, 5.74) is 2.69. The lowest BCUT2D eigenvalue weighted by Crippen LogP contribution is -2.04. The summed E-state index contributed by atoms with van der Waals surface area (Å²) in [5, 5.41) is 45.0. The fraction of sp³-hybridized carbons (Fsp3) is 0.0476. The highest BCUT2D eigenvalue weighted by Crippen LogP contribution is 2.37. The number of aromatic hydroxyl groups is 1. The van der Waals surface area contributed by atoms with E-state index in [1.165, 1.54) is 0 Å². The molecule has 0 saturated heterocycles. The number of hydrazone groups is 1. The van der Waals surface area contributed by atoms with Crippen molar-refractivity contribution in [1.82, 2.24) is 9.55 Å². The number of aryl methyl sites for hydroxylation is 1. The predicted octanol–water partition coefficient (Wildman–Crippen LogP) is 4.65. The summed E-state index contributed by atoms with van der Waals surface area (Å²) in [5.74, 6) is -0.391. The summed E-state index contributed by atoms with van der Waals surface area (Å²) in [6.45, 7) is 0. The van der Waals surface area contributed by atoms with E-state index in [-0.39, 0.29) is 5.84 Å². The molecule has 1 heterocycles. The first-order valence-electron chi connectivity index (χ1n) is 9.73. The molecule has 13 heteroatoms. The number of anilines is 1. The van der Waals surface area contributed by atoms with Gasteiger partial charge >= 0.3 is 5.69 Å². The minimum Gasteiger partial charge on any atom is -0.505 e. The minimum atomic E-state index is -0.867. The van der Waals surface area contributed by atoms with Crippen LogP contribution in [0.2, 0.25) is 0 Å². The lowest BCUT2D eigenvalue weighted by molar-refractivity contribution is -0.393. The number of hydrogen-bond donors (Lipinski definition) is 2. The zero-order valence-corrected chi connectivity index (χ0v) is 17.6. The summed E-state index contributed by atoms with van der Waals surface area (Å²) in [4.78, 5) is 25.1. The van der Waals surface area contributed by atoms with Crippen molar-refractivity contribution >= 4 is 39.9 Å². The van der Waals surface area contributed by atoms with Gasteiger partial charge in [-0.1, -0.05) is 42.5 Å². The molecule has 0 radical (unpaired) electrons. The largest absolute Gasteiger partial charge is 0.505 e. The Morgan fingerprint density at radius 2 is 1.74 bits per heavy atom. The Bertz CT molecular complexity index is 1460. The molecular weight excluding hydrogens is 444 g/mol. The third-order valence-electron chi connectivity index (χ3n) is 4.79. The summed E-state index contributed by atoms with van der Waals surface area (Å²) >= 11 is 0. The quantitative estimate of drug-likeness (QED) is 0.105. The Morgan fingerprint density at radius 3 is 2.41 bits per heavy atom. The third-order valence-corrected chi connectivity index (χ3v) is 4.79. The zero-order chi connectivity index (χ0) is 24.2. The maximum Gasteiger partial charge on any atom is 0.304 e. The number of phenols is 1. The van der Waals surface area contributed by atoms with Crippen LogP contribution in [-0.2, 0) is 7.05 Å². The number of rotatable bonds is 6. The van der Waals surface area contributed by atoms with Gasteiger partial charge in [-0.2, -0.15) is 5.10 Å². The van der Waals surface area contributed by atoms with Gasteiger partial charge in [-0.15, -0.1) is 10.2 Å². The maximum absolute atomic E-state index is 11.4. The molecule has 0 aliphatic rings. The monoisotopic (exact) mass is 460 g/mol. The number of para-hydroxylation sites is 2. The molecule has 1 aromatic heterocycles. The molecule has 0 aliphatic heterocycles. The van der Waals surface area contributed by atoms with Gasteiger partial charge in [0.15, 0.2) is 11.4 Å². The Hall–Kier alpha value is -5.20. The lowest BCUT2D eigenvalue weighted by atomic mass is 10.2. The molecule has 0 saturated carbocycles. The second-order valence-electron chi connectivity index (χ2n) is 6.95. The van der Waals surface area contributed by atoms with Crippen LogP contribution in [0.15, 0.2) is 82.1 Å². The number of nitrogens with zero attached hydrogens (tertiary/aromatic N) is 7. The van der Waals surface area contributed by atoms with Gasteiger partial charge in [0.1, 0.15) is 0 Å². The van der Waals surface area contributed by atoms with Crippen molar-refractivity contribution < 1.29 is 15.0 Å². The van der Waals surface area contributed by atoms with E-state index in [0.29, 0.717) is 11.5 Å². The normalized spacial score (nSPS) is 11.7. The van der Waals surface area contributed by atoms with Crippen LogP contribution < -0.4 is 5.43 Å². The molecule has 0 atom stereocenters. The highest BCUT2D eigenvalue weighted by atomic mass is 16.6. The number of hydrogen-bond acceptors (Lipinski definition) is 9. The average molecular weight is 460 g/mol. The second-order valence-corrected chi connectivity index (χ2v) is 6.95. The molecular formula is C21H16N8O5. The van der Waals surface area contributed by atoms with Crippen LogP contribution in [0.4, 0.5) is 23.0 Å². The predicted molar refractivity (Wildman–Crippen MR) is 123 cm³/mol. The van der Waals surface area contributed by atoms with Gasteiger partial charge in [0.05, 0.1) is 33.0 Å². The Kier molecular flexibility index (Phi) is 5.90. The van der Waals surface area contributed by atoms with Crippen LogP contribution in [-0.4, -0.2) is 30.3 Å². The standard InChI is InChI=1S/C21H16N8O5/c1-27-16-10-6-5-9-15(16)22-21(27)26-25-20(13-7-3-2-4-8-13)24-23-19-17(29(33)34)11-14(28(31)32)12-18(19)30/h2-12,23,30H,1H3. The molecule has 0 fully saturated rings. The van der Waals surface area contributed by atoms with Crippen LogP contribution in [0.1, 0.15) is 5.56 Å². The summed E-state index contributed by atoms with van der Waals surface area (Å²) in [7, 11) is 1.78. The van der Waals surface area contributed by atoms with E-state index in [1.54, 1.807) is 41.9 Å². The first-order valence-corrected chi connectivity index (χ1v) is 9.73. The van der Waals surface area contributed by atoms with Gasteiger partial charge in [-0.25, -0.2) is 4.98 Å². The number of phenolic OH excluding ortho intramolecular Hbond substituents is 1. The smallest absolute Gasteiger partial charge is 0.304 e. The average Bonchev–Trinajstić information content (AvgIpc) is 3.15. The molecule has 0 unspecified atom stereocenters. The number of nitrogens with one attached hydrogen (secondary N) is 1. The van der Waals surface area contributed by atoms with Crippen molar-refractivity contribution in [2.24, 2.45) is 22.4 Å². The van der Waals surface area contributed by atoms with Crippen molar-refractivity contribution in [2.45, 2.75) is 0 Å². The fourth-order valence-corrected chi connectivity index (χ4v) is 3.12. The maximum atomic E-state index is 11.4. The van der Waals surface area contributed by atoms with Crippen molar-refractivity contribution in [3.05, 3.63) is 92.5 Å². The fourth-order valence-electron chi connectivity index (χ4n) is 3.12. The molecule has 34 heavy (non-hydrogen) atoms. The van der Waals surface area contributed by atoms with E-state index >= 15 is 0 Å². The van der Waals surface area contributed by atoms with Gasteiger partial charge in [0.25, 0.3) is 5.69 Å². The summed E-state index contributed by atoms with van der Waals surface area (Å²) in [6.07, 6.45) is 0. The van der Waals surface area contributed by atoms with Crippen molar-refractivity contribution in [2.75, 3.05) is 5.43 Å². The molecule has 13 nitrogen and oxygen atoms in total. The molecule has 0 bridgehead atoms. The van der Waals surface area contributed by atoms with Crippen LogP contribution in [0.5, 0.6) is 5.75 Å². The zero-order valence-electron chi connectivity index (χ0n) is 17.6. The van der Waals surface area contributed by atoms with Crippen LogP contribution >= 0.6 is 0 Å². The van der Waals surface area contributed by atoms with Gasteiger partial charge in [-0.3, -0.25) is 25.7 Å². The molecule has 0 amide bonds. The van der Waals surface area contributed by atoms with Gasteiger partial charge < -0.3 is 9.67 Å². The van der Waals surface area contributed by atoms with Crippen LogP contribution in [0, 0.1) is 20.2 Å². The number of nitro groups is 2. The van der Waals surface area contributed by atoms with E-state index in [2.05, 4.69) is 25.7 Å². The molecule has 170 valence electrons. The number of nitro benzene ring substituents is 2. The number of non-ortho nitro benzene ring substituents is 1. The SMILES string of the molecule is Cn1c(N=NC(=NNc2c(O)cc([N+](=O)[O-])cc2[N+](=O)[O-])c2ccccc2)nc2ccccc21. The first-order chi connectivity index (χ1) is 16.3. The van der Waals surface area contributed by atoms with E-state index in [9.17, 15) is 25.3 Å². The van der Waals surface area contributed by atoms with Crippen molar-refractivity contribution in [1.29, 1.82) is 0 Å². The first kappa shape index (κ1) is 22.0. The number of benzene rings is 3. The number of aromatic nitrogens is 2. The van der Waals surface area contributed by atoms with Crippen LogP contribution in [0.3, 0.4) is 0 Å². The summed E-state index contributed by atoms with van der Waals surface area (Å²) < 4.78 is 1.74. The molecule has 4 rings (SSSR count). The molecule has 3 aromatic carbocycles. The topological polar surface area (TPSA) is 173 Å². The Balaban J connectivity index is 1.75. The van der Waals surface area contributed by atoms with E-state index in [0.717, 1.165) is 23.2 Å². The Labute approximate surface area is 191 Å². The highest BCUT2D eigenvalue weighted by Gasteiger charge is 2.24. The molecule has 0 spiro atoms. The Morgan fingerprint density at radius 1 is 1.03 bits per heavy atom. The van der Waals surface area contributed by atoms with E-state index < -0.39 is 32.7 Å². The van der Waals surface area contributed by atoms with Crippen LogP contribution in [0.25, 0.3) is 11.0 Å². The second kappa shape index (κ2) is 9.12. The highest BCUT2D eigenvalue weighted by molar-refractivity contribution is 5.99. The van der Waals surface area contributed by atoms with E-state index in [1.807, 2.05) is 24.3 Å². The number of fused-ring (bicyclic) bond motifs is 1. The number of amidine groups is 1. The van der Waals surface area contributed by atoms with Crippen molar-refractivity contribution in [3.8, 4) is 5.75 Å². The molecule has 2 N–H and O–H groups in total. The lowest BCUT2D eigenvalue weighted by Gasteiger charge is -2.06. The molecule has 0 aliphatic carbocycles. The minimum absolute atomic E-state index is 0.0275. The number of azo groups is 1. The molecule has 4 aromatic rings. The van der Waals surface area contributed by atoms with Gasteiger partial charge in [-0.05, 0) is 12.1 Å². The van der Waals surface area contributed by atoms with Gasteiger partial charge in [0, 0.05) is 12.6 Å². The third kappa shape index (κ3) is 4.38. The summed E-state index contributed by atoms with van der Waals surface area (Å²) in [6, 6.07) is 17.6.